The second kappa shape index (κ2) is 8.25. The average molecular weight is 251 g/mol. The van der Waals surface area contributed by atoms with E-state index in [9.17, 15) is 5.11 Å². The van der Waals surface area contributed by atoms with Crippen LogP contribution in [0.1, 0.15) is 37.5 Å². The van der Waals surface area contributed by atoms with E-state index in [1.807, 2.05) is 12.1 Å². The molecule has 1 aromatic carbocycles. The third kappa shape index (κ3) is 5.63. The number of benzene rings is 1. The van der Waals surface area contributed by atoms with E-state index in [4.69, 9.17) is 5.11 Å². The summed E-state index contributed by atoms with van der Waals surface area (Å²) in [7, 11) is 0. The smallest absolute Gasteiger partial charge is 0.0914 e. The highest BCUT2D eigenvalue weighted by Gasteiger charge is 2.07. The van der Waals surface area contributed by atoms with Crippen LogP contribution < -0.4 is 5.32 Å². The largest absolute Gasteiger partial charge is 0.396 e. The predicted octanol–water partition coefficient (Wildman–Crippen LogP) is 1.89. The van der Waals surface area contributed by atoms with Crippen molar-refractivity contribution < 1.29 is 10.2 Å². The maximum Gasteiger partial charge on any atom is 0.0914 e. The fraction of sp³-hybridized carbons (Fsp3) is 0.600. The molecule has 0 aromatic heterocycles. The van der Waals surface area contributed by atoms with E-state index in [1.165, 1.54) is 5.56 Å². The van der Waals surface area contributed by atoms with Gasteiger partial charge in [0, 0.05) is 13.2 Å². The van der Waals surface area contributed by atoms with Gasteiger partial charge < -0.3 is 15.5 Å². The van der Waals surface area contributed by atoms with Gasteiger partial charge in [-0.1, -0.05) is 38.1 Å². The average Bonchev–Trinajstić information content (AvgIpc) is 2.34. The Kier molecular flexibility index (Phi) is 6.94. The highest BCUT2D eigenvalue weighted by molar-refractivity contribution is 5.24. The molecule has 0 spiro atoms. The summed E-state index contributed by atoms with van der Waals surface area (Å²) >= 11 is 0. The monoisotopic (exact) mass is 251 g/mol. The molecule has 1 atom stereocenters. The van der Waals surface area contributed by atoms with Gasteiger partial charge in [-0.2, -0.15) is 0 Å². The second-order valence-corrected chi connectivity index (χ2v) is 5.14. The number of aliphatic hydroxyl groups excluding tert-OH is 2. The molecule has 0 aliphatic rings. The zero-order valence-corrected chi connectivity index (χ0v) is 11.4. The Balaban J connectivity index is 2.41. The van der Waals surface area contributed by atoms with Crippen molar-refractivity contribution in [1.82, 2.24) is 5.32 Å². The first-order valence-electron chi connectivity index (χ1n) is 6.72. The molecular formula is C15H25NO2. The molecule has 3 N–H and O–H groups in total. The van der Waals surface area contributed by atoms with Crippen molar-refractivity contribution >= 4 is 0 Å². The summed E-state index contributed by atoms with van der Waals surface area (Å²) in [6.07, 6.45) is 1.32. The molecule has 0 amide bonds. The first kappa shape index (κ1) is 15.2. The predicted molar refractivity (Wildman–Crippen MR) is 74.5 cm³/mol. The molecule has 0 saturated carbocycles. The highest BCUT2D eigenvalue weighted by Crippen LogP contribution is 2.15. The van der Waals surface area contributed by atoms with E-state index in [0.717, 1.165) is 24.9 Å². The Labute approximate surface area is 110 Å². The zero-order chi connectivity index (χ0) is 13.4. The summed E-state index contributed by atoms with van der Waals surface area (Å²) in [5.74, 6) is 0.654. The van der Waals surface area contributed by atoms with Crippen molar-refractivity contribution in [3.63, 3.8) is 0 Å². The molecule has 0 aliphatic carbocycles. The van der Waals surface area contributed by atoms with Crippen LogP contribution in [0.25, 0.3) is 0 Å². The summed E-state index contributed by atoms with van der Waals surface area (Å²) in [5.41, 5.74) is 2.26. The van der Waals surface area contributed by atoms with Crippen LogP contribution in [0.2, 0.25) is 0 Å². The number of hydrogen-bond acceptors (Lipinski definition) is 3. The van der Waals surface area contributed by atoms with Crippen LogP contribution >= 0.6 is 0 Å². The minimum absolute atomic E-state index is 0.187. The fourth-order valence-electron chi connectivity index (χ4n) is 1.91. The van der Waals surface area contributed by atoms with E-state index in [1.54, 1.807) is 0 Å². The van der Waals surface area contributed by atoms with Gasteiger partial charge in [0.05, 0.1) is 6.10 Å². The van der Waals surface area contributed by atoms with Crippen LogP contribution in [0.3, 0.4) is 0 Å². The van der Waals surface area contributed by atoms with Gasteiger partial charge in [-0.05, 0) is 36.4 Å². The fourth-order valence-corrected chi connectivity index (χ4v) is 1.91. The van der Waals surface area contributed by atoms with Crippen LogP contribution in [0, 0.1) is 5.92 Å². The molecule has 102 valence electrons. The van der Waals surface area contributed by atoms with Crippen molar-refractivity contribution in [1.29, 1.82) is 0 Å². The van der Waals surface area contributed by atoms with Gasteiger partial charge in [0.25, 0.3) is 0 Å². The van der Waals surface area contributed by atoms with Gasteiger partial charge in [-0.3, -0.25) is 0 Å². The molecule has 18 heavy (non-hydrogen) atoms. The summed E-state index contributed by atoms with van der Waals surface area (Å²) in [6, 6.07) is 8.17. The number of nitrogens with one attached hydrogen (secondary N) is 1. The van der Waals surface area contributed by atoms with Gasteiger partial charge in [0.2, 0.25) is 0 Å². The lowest BCUT2D eigenvalue weighted by atomic mass is 10.0. The second-order valence-electron chi connectivity index (χ2n) is 5.14. The Hall–Kier alpha value is -0.900. The molecule has 0 radical (unpaired) electrons. The molecule has 0 fully saturated rings. The van der Waals surface area contributed by atoms with Crippen LogP contribution in [0.5, 0.6) is 0 Å². The Bertz CT molecular complexity index is 322. The summed E-state index contributed by atoms with van der Waals surface area (Å²) < 4.78 is 0. The summed E-state index contributed by atoms with van der Waals surface area (Å²) in [6.45, 7) is 5.86. The molecule has 1 rings (SSSR count). The lowest BCUT2D eigenvalue weighted by Gasteiger charge is -2.13. The molecule has 1 aromatic rings. The van der Waals surface area contributed by atoms with Gasteiger partial charge in [-0.15, -0.1) is 0 Å². The topological polar surface area (TPSA) is 52.5 Å². The first-order chi connectivity index (χ1) is 8.63. The molecule has 3 nitrogen and oxygen atoms in total. The number of hydrogen-bond donors (Lipinski definition) is 3. The summed E-state index contributed by atoms with van der Waals surface area (Å²) in [5, 5.41) is 21.7. The quantitative estimate of drug-likeness (QED) is 0.618. The van der Waals surface area contributed by atoms with Crippen molar-refractivity contribution in [2.24, 2.45) is 5.92 Å². The van der Waals surface area contributed by atoms with E-state index >= 15 is 0 Å². The minimum Gasteiger partial charge on any atom is -0.396 e. The van der Waals surface area contributed by atoms with E-state index < -0.39 is 6.10 Å². The maximum absolute atomic E-state index is 9.97. The third-order valence-electron chi connectivity index (χ3n) is 2.86. The van der Waals surface area contributed by atoms with Gasteiger partial charge in [0.1, 0.15) is 0 Å². The van der Waals surface area contributed by atoms with E-state index in [2.05, 4.69) is 31.3 Å². The summed E-state index contributed by atoms with van der Waals surface area (Å²) in [4.78, 5) is 0. The number of aliphatic hydroxyl groups is 2. The van der Waals surface area contributed by atoms with Crippen molar-refractivity contribution in [3.8, 4) is 0 Å². The normalized spacial score (nSPS) is 12.9. The third-order valence-corrected chi connectivity index (χ3v) is 2.86. The van der Waals surface area contributed by atoms with Crippen LogP contribution in [0.4, 0.5) is 0 Å². The lowest BCUT2D eigenvalue weighted by molar-refractivity contribution is 0.173. The van der Waals surface area contributed by atoms with Gasteiger partial charge >= 0.3 is 0 Å². The number of rotatable bonds is 8. The molecule has 0 aliphatic heterocycles. The van der Waals surface area contributed by atoms with Crippen LogP contribution in [-0.2, 0) is 6.42 Å². The van der Waals surface area contributed by atoms with Crippen LogP contribution in [-0.4, -0.2) is 29.9 Å². The van der Waals surface area contributed by atoms with Crippen molar-refractivity contribution in [2.45, 2.75) is 32.8 Å². The van der Waals surface area contributed by atoms with Crippen molar-refractivity contribution in [2.75, 3.05) is 19.7 Å². The van der Waals surface area contributed by atoms with Gasteiger partial charge in [0.15, 0.2) is 0 Å². The molecule has 1 unspecified atom stereocenters. The Morgan fingerprint density at radius 3 is 2.39 bits per heavy atom. The zero-order valence-electron chi connectivity index (χ0n) is 11.4. The minimum atomic E-state index is -0.475. The molecule has 0 heterocycles. The van der Waals surface area contributed by atoms with E-state index in [0.29, 0.717) is 12.5 Å². The van der Waals surface area contributed by atoms with Gasteiger partial charge in [-0.25, -0.2) is 0 Å². The van der Waals surface area contributed by atoms with Crippen LogP contribution in [0.15, 0.2) is 24.3 Å². The molecule has 0 bridgehead atoms. The Morgan fingerprint density at radius 2 is 1.83 bits per heavy atom. The van der Waals surface area contributed by atoms with Crippen molar-refractivity contribution in [3.05, 3.63) is 35.4 Å². The lowest BCUT2D eigenvalue weighted by Crippen LogP contribution is -2.23. The molecular weight excluding hydrogens is 226 g/mol. The maximum atomic E-state index is 9.97. The highest BCUT2D eigenvalue weighted by atomic mass is 16.3. The molecule has 3 heteroatoms. The first-order valence-corrected chi connectivity index (χ1v) is 6.72. The van der Waals surface area contributed by atoms with E-state index in [-0.39, 0.29) is 6.61 Å². The Morgan fingerprint density at radius 1 is 1.17 bits per heavy atom. The molecule has 0 saturated heterocycles. The standard InChI is InChI=1S/C15H25NO2/c1-12(2)10-13-4-6-14(7-5-13)15(18)11-16-8-3-9-17/h4-7,12,15-18H,3,8-11H2,1-2H3. The SMILES string of the molecule is CC(C)Cc1ccc(C(O)CNCCCO)cc1.